The fraction of sp³-hybridized carbons (Fsp3) is 0.296. The highest BCUT2D eigenvalue weighted by molar-refractivity contribution is 7.99. The van der Waals surface area contributed by atoms with Crippen molar-refractivity contribution in [2.45, 2.75) is 36.9 Å². The Bertz CT molecular complexity index is 1490. The van der Waals surface area contributed by atoms with Gasteiger partial charge in [0.15, 0.2) is 10.9 Å². The summed E-state index contributed by atoms with van der Waals surface area (Å²) in [6.45, 7) is 2.85. The molecule has 214 valence electrons. The van der Waals surface area contributed by atoms with Crippen molar-refractivity contribution in [3.63, 3.8) is 0 Å². The minimum atomic E-state index is -1.16. The molecule has 2 aromatic heterocycles. The molecule has 14 heteroatoms. The molecule has 2 aromatic carbocycles. The minimum Gasteiger partial charge on any atom is -0.491 e. The molecule has 1 saturated heterocycles. The average molecular weight is 618 g/mol. The Labute approximate surface area is 249 Å². The van der Waals surface area contributed by atoms with Gasteiger partial charge in [0.2, 0.25) is 5.79 Å². The lowest BCUT2D eigenvalue weighted by Crippen LogP contribution is -2.34. The predicted octanol–water partition coefficient (Wildman–Crippen LogP) is 6.07. The first-order chi connectivity index (χ1) is 19.8. The fourth-order valence-electron chi connectivity index (χ4n) is 4.24. The molecule has 0 N–H and O–H groups in total. The molecule has 2 unspecified atom stereocenters. The first-order valence-corrected chi connectivity index (χ1v) is 14.4. The normalized spacial score (nSPS) is 18.4. The third-order valence-electron chi connectivity index (χ3n) is 6.06. The first kappa shape index (κ1) is 29.1. The van der Waals surface area contributed by atoms with Crippen LogP contribution in [0.5, 0.6) is 11.5 Å². The van der Waals surface area contributed by atoms with Gasteiger partial charge in [0.25, 0.3) is 5.09 Å². The zero-order valence-electron chi connectivity index (χ0n) is 21.8. The van der Waals surface area contributed by atoms with E-state index < -0.39 is 17.0 Å². The van der Waals surface area contributed by atoms with Gasteiger partial charge in [-0.15, -0.1) is 10.1 Å². The number of halogens is 2. The van der Waals surface area contributed by atoms with E-state index in [0.717, 1.165) is 12.2 Å². The number of ether oxygens (including phenoxy) is 3. The molecule has 4 aromatic rings. The van der Waals surface area contributed by atoms with Crippen molar-refractivity contribution in [2.75, 3.05) is 19.0 Å². The van der Waals surface area contributed by atoms with Crippen LogP contribution in [0.4, 0.5) is 0 Å². The summed E-state index contributed by atoms with van der Waals surface area (Å²) in [5, 5.41) is 11.6. The van der Waals surface area contributed by atoms with Crippen LogP contribution in [-0.4, -0.2) is 49.7 Å². The molecule has 0 spiro atoms. The third kappa shape index (κ3) is 7.08. The van der Waals surface area contributed by atoms with Gasteiger partial charge in [0, 0.05) is 34.3 Å². The van der Waals surface area contributed by atoms with E-state index in [2.05, 4.69) is 15.0 Å². The SMILES string of the molecule is CCCSc1ncc(O[N+](=O)[O-])c(-c2ccc(OCC3COC(Cn4ccnc4)(c4ccc(Cl)cc4Cl)O3)cc2)n1. The number of hydrogen-bond donors (Lipinski definition) is 0. The van der Waals surface area contributed by atoms with Gasteiger partial charge in [0.1, 0.15) is 24.2 Å². The van der Waals surface area contributed by atoms with Gasteiger partial charge < -0.3 is 18.8 Å². The quantitative estimate of drug-likeness (QED) is 0.0800. The van der Waals surface area contributed by atoms with E-state index in [-0.39, 0.29) is 19.0 Å². The fourth-order valence-corrected chi connectivity index (χ4v) is 5.47. The van der Waals surface area contributed by atoms with Crippen LogP contribution < -0.4 is 9.57 Å². The largest absolute Gasteiger partial charge is 0.491 e. The van der Waals surface area contributed by atoms with E-state index in [1.165, 1.54) is 18.0 Å². The lowest BCUT2D eigenvalue weighted by Gasteiger charge is -2.30. The Morgan fingerprint density at radius 3 is 2.78 bits per heavy atom. The van der Waals surface area contributed by atoms with Crippen LogP contribution >= 0.6 is 35.0 Å². The number of benzene rings is 2. The van der Waals surface area contributed by atoms with E-state index in [0.29, 0.717) is 44.3 Å². The third-order valence-corrected chi connectivity index (χ3v) is 7.67. The van der Waals surface area contributed by atoms with Gasteiger partial charge >= 0.3 is 0 Å². The molecule has 0 aliphatic carbocycles. The zero-order chi connectivity index (χ0) is 28.8. The molecule has 5 rings (SSSR count). The molecule has 3 heterocycles. The predicted molar refractivity (Wildman–Crippen MR) is 153 cm³/mol. The topological polar surface area (TPSA) is 124 Å². The minimum absolute atomic E-state index is 0.0453. The summed E-state index contributed by atoms with van der Waals surface area (Å²) in [5.74, 6) is 0.188. The lowest BCUT2D eigenvalue weighted by molar-refractivity contribution is -0.711. The number of nitrogens with zero attached hydrogens (tertiary/aromatic N) is 5. The maximum atomic E-state index is 11.0. The first-order valence-electron chi connectivity index (χ1n) is 12.6. The van der Waals surface area contributed by atoms with E-state index in [4.69, 9.17) is 42.3 Å². The molecular formula is C27H25Cl2N5O6S. The zero-order valence-corrected chi connectivity index (χ0v) is 24.1. The molecule has 1 aliphatic heterocycles. The molecule has 0 bridgehead atoms. The van der Waals surface area contributed by atoms with Gasteiger partial charge in [-0.1, -0.05) is 48.0 Å². The Morgan fingerprint density at radius 2 is 2.07 bits per heavy atom. The number of thioether (sulfide) groups is 1. The van der Waals surface area contributed by atoms with Gasteiger partial charge in [-0.25, -0.2) is 15.0 Å². The maximum absolute atomic E-state index is 11.0. The highest BCUT2D eigenvalue weighted by atomic mass is 35.5. The summed E-state index contributed by atoms with van der Waals surface area (Å²) in [7, 11) is 0. The summed E-state index contributed by atoms with van der Waals surface area (Å²) >= 11 is 14.1. The lowest BCUT2D eigenvalue weighted by atomic mass is 10.1. The molecular weight excluding hydrogens is 593 g/mol. The van der Waals surface area contributed by atoms with E-state index in [1.54, 1.807) is 55.0 Å². The molecule has 1 fully saturated rings. The van der Waals surface area contributed by atoms with Crippen molar-refractivity contribution < 1.29 is 24.1 Å². The number of aromatic nitrogens is 4. The molecule has 0 radical (unpaired) electrons. The molecule has 1 aliphatic rings. The Morgan fingerprint density at radius 1 is 1.24 bits per heavy atom. The smallest absolute Gasteiger partial charge is 0.299 e. The molecule has 2 atom stereocenters. The van der Waals surface area contributed by atoms with E-state index in [9.17, 15) is 10.1 Å². The summed E-state index contributed by atoms with van der Waals surface area (Å²) < 4.78 is 20.5. The van der Waals surface area contributed by atoms with Crippen LogP contribution in [0.15, 0.2) is 72.5 Å². The number of hydrogen-bond acceptors (Lipinski definition) is 10. The summed E-state index contributed by atoms with van der Waals surface area (Å²) in [6.07, 6.45) is 7.02. The second kappa shape index (κ2) is 13.0. The summed E-state index contributed by atoms with van der Waals surface area (Å²) in [5.41, 5.74) is 1.59. The maximum Gasteiger partial charge on any atom is 0.299 e. The van der Waals surface area contributed by atoms with Crippen LogP contribution in [0.1, 0.15) is 18.9 Å². The number of rotatable bonds is 12. The second-order valence-corrected chi connectivity index (χ2v) is 10.9. The van der Waals surface area contributed by atoms with Crippen molar-refractivity contribution in [2.24, 2.45) is 0 Å². The van der Waals surface area contributed by atoms with Gasteiger partial charge in [-0.05, 0) is 42.8 Å². The Balaban J connectivity index is 1.29. The van der Waals surface area contributed by atoms with Crippen molar-refractivity contribution in [3.05, 3.63) is 93.1 Å². The van der Waals surface area contributed by atoms with Crippen LogP contribution in [0.3, 0.4) is 0 Å². The molecule has 11 nitrogen and oxygen atoms in total. The highest BCUT2D eigenvalue weighted by Gasteiger charge is 2.45. The molecule has 41 heavy (non-hydrogen) atoms. The van der Waals surface area contributed by atoms with Crippen LogP contribution in [0.2, 0.25) is 10.0 Å². The van der Waals surface area contributed by atoms with E-state index in [1.807, 2.05) is 17.7 Å². The standard InChI is InChI=1S/C27H25Cl2N5O6S/c1-2-11-41-26-31-13-24(40-34(35)36)25(32-26)18-3-6-20(7-4-18)37-14-21-15-38-27(39-21,16-33-10-9-30-17-33)22-8-5-19(28)12-23(22)29/h3-10,12-13,17,21H,2,11,14-16H2,1H3. The molecule has 0 saturated carbocycles. The van der Waals surface area contributed by atoms with Crippen molar-refractivity contribution in [1.29, 1.82) is 0 Å². The van der Waals surface area contributed by atoms with Crippen LogP contribution in [0.25, 0.3) is 11.3 Å². The second-order valence-electron chi connectivity index (χ2n) is 9.03. The average Bonchev–Trinajstić information content (AvgIpc) is 3.62. The van der Waals surface area contributed by atoms with Gasteiger partial charge in [0.05, 0.1) is 30.7 Å². The molecule has 0 amide bonds. The highest BCUT2D eigenvalue weighted by Crippen LogP contribution is 2.40. The van der Waals surface area contributed by atoms with Crippen molar-refractivity contribution in [1.82, 2.24) is 19.5 Å². The van der Waals surface area contributed by atoms with Crippen molar-refractivity contribution in [3.8, 4) is 22.8 Å². The Kier molecular flexibility index (Phi) is 9.25. The van der Waals surface area contributed by atoms with E-state index >= 15 is 0 Å². The number of imidazole rings is 1. The van der Waals surface area contributed by atoms with Crippen LogP contribution in [0, 0.1) is 10.1 Å². The van der Waals surface area contributed by atoms with Gasteiger partial charge in [-0.2, -0.15) is 0 Å². The van der Waals surface area contributed by atoms with Crippen LogP contribution in [-0.2, 0) is 21.8 Å². The Hall–Kier alpha value is -3.42. The summed E-state index contributed by atoms with van der Waals surface area (Å²) in [6, 6.07) is 12.2. The summed E-state index contributed by atoms with van der Waals surface area (Å²) in [4.78, 5) is 28.5. The monoisotopic (exact) mass is 617 g/mol. The van der Waals surface area contributed by atoms with Gasteiger partial charge in [-0.3, -0.25) is 4.84 Å². The van der Waals surface area contributed by atoms with Crippen molar-refractivity contribution >= 4 is 35.0 Å².